The third kappa shape index (κ3) is 6.03. The molecule has 0 N–H and O–H groups in total. The molecule has 2 aliphatic carbocycles. The first-order chi connectivity index (χ1) is 16.3. The van der Waals surface area contributed by atoms with Crippen molar-refractivity contribution in [3.63, 3.8) is 0 Å². The molecular formula is C32H40Cl2HfSi. The van der Waals surface area contributed by atoms with Crippen molar-refractivity contribution < 1.29 is 44.9 Å². The second-order valence-corrected chi connectivity index (χ2v) is 33.7. The molecule has 0 fully saturated rings. The molecule has 0 heterocycles. The van der Waals surface area contributed by atoms with E-state index in [1.165, 1.54) is 33.4 Å². The molecule has 0 amide bonds. The van der Waals surface area contributed by atoms with Crippen molar-refractivity contribution in [2.75, 3.05) is 0 Å². The van der Waals surface area contributed by atoms with Crippen molar-refractivity contribution in [3.05, 3.63) is 101 Å². The largest absolute Gasteiger partial charge is 1.00 e. The summed E-state index contributed by atoms with van der Waals surface area (Å²) in [4.78, 5) is 0. The van der Waals surface area contributed by atoms with E-state index in [-0.39, 0.29) is 30.3 Å². The summed E-state index contributed by atoms with van der Waals surface area (Å²) in [6, 6.07) is 18.5. The molecule has 0 aliphatic heterocycles. The third-order valence-corrected chi connectivity index (χ3v) is 33.7. The quantitative estimate of drug-likeness (QED) is 0.407. The van der Waals surface area contributed by atoms with Crippen LogP contribution in [0.4, 0.5) is 0 Å². The summed E-state index contributed by atoms with van der Waals surface area (Å²) in [6.07, 6.45) is 7.37. The zero-order chi connectivity index (χ0) is 24.6. The summed E-state index contributed by atoms with van der Waals surface area (Å²) in [6.45, 7) is 19.5. The molecule has 2 aromatic carbocycles. The van der Waals surface area contributed by atoms with Crippen LogP contribution in [0.3, 0.4) is 0 Å². The van der Waals surface area contributed by atoms with Gasteiger partial charge in [-0.2, -0.15) is 0 Å². The average molecular weight is 702 g/mol. The van der Waals surface area contributed by atoms with Crippen LogP contribution in [0.25, 0.3) is 11.1 Å². The van der Waals surface area contributed by atoms with Gasteiger partial charge in [-0.15, -0.1) is 0 Å². The van der Waals surface area contributed by atoms with Crippen LogP contribution in [0.15, 0.2) is 78.5 Å². The van der Waals surface area contributed by atoms with Crippen LogP contribution in [0, 0.1) is 11.8 Å². The van der Waals surface area contributed by atoms with Gasteiger partial charge in [-0.25, -0.2) is 0 Å². The third-order valence-electron chi connectivity index (χ3n) is 7.69. The van der Waals surface area contributed by atoms with E-state index in [9.17, 15) is 0 Å². The van der Waals surface area contributed by atoms with Gasteiger partial charge < -0.3 is 24.8 Å². The Kier molecular flexibility index (Phi) is 11.5. The number of benzene rings is 2. The van der Waals surface area contributed by atoms with E-state index in [2.05, 4.69) is 115 Å². The van der Waals surface area contributed by atoms with Crippen molar-refractivity contribution in [2.45, 2.75) is 67.5 Å². The minimum atomic E-state index is -2.22. The maximum atomic E-state index is 2.61. The molecule has 2 aliphatic rings. The summed E-state index contributed by atoms with van der Waals surface area (Å²) in [5.74, 6) is 1.17. The Bertz CT molecular complexity index is 1200. The second-order valence-electron chi connectivity index (χ2n) is 10.3. The summed E-state index contributed by atoms with van der Waals surface area (Å²) in [5, 5.41) is 0. The standard InChI is InChI=1S/2C15H17.C2H6Si.2ClH.Hf/c2*1-4-13-6-5-7-14(10-13)15-9-11(2)8-12(15)3;1-3-2;;;/h2*5-7,9-11H,4H2,1-3H3;1-2H3;2*1H;/q;;;;;+2/p-2. The molecule has 4 heteroatoms. The molecule has 0 aromatic heterocycles. The predicted molar refractivity (Wildman–Crippen MR) is 149 cm³/mol. The first kappa shape index (κ1) is 31.3. The fourth-order valence-electron chi connectivity index (χ4n) is 5.95. The predicted octanol–water partition coefficient (Wildman–Crippen LogP) is 3.00. The number of halogens is 2. The SMILES string of the molecule is CCc1cccc(C2=CC(C)[C]([Hf+2]([C]3=C(C)C(c4cccc(CC)c4)=CC3C)=[Si](C)C)=C2C)c1.[Cl-].[Cl-]. The Balaban J connectivity index is 0.00000228. The van der Waals surface area contributed by atoms with Gasteiger partial charge in [-0.1, -0.05) is 0 Å². The van der Waals surface area contributed by atoms with Gasteiger partial charge in [0.05, 0.1) is 0 Å². The van der Waals surface area contributed by atoms with E-state index in [4.69, 9.17) is 0 Å². The van der Waals surface area contributed by atoms with E-state index in [1.54, 1.807) is 11.1 Å². The molecule has 2 atom stereocenters. The van der Waals surface area contributed by atoms with Crippen LogP contribution in [-0.2, 0) is 32.9 Å². The van der Waals surface area contributed by atoms with Gasteiger partial charge >= 0.3 is 217 Å². The fraction of sp³-hybridized carbons (Fsp3) is 0.375. The molecule has 0 saturated carbocycles. The summed E-state index contributed by atoms with van der Waals surface area (Å²) in [7, 11) is 0. The Morgan fingerprint density at radius 3 is 1.42 bits per heavy atom. The Morgan fingerprint density at radius 1 is 0.694 bits per heavy atom. The van der Waals surface area contributed by atoms with Gasteiger partial charge in [0.25, 0.3) is 0 Å². The fourth-order valence-corrected chi connectivity index (χ4v) is 34.0. The molecule has 2 unspecified atom stereocenters. The molecule has 0 bridgehead atoms. The molecule has 0 radical (unpaired) electrons. The number of rotatable bonds is 6. The molecule has 190 valence electrons. The summed E-state index contributed by atoms with van der Waals surface area (Å²) in [5.41, 5.74) is 11.6. The van der Waals surface area contributed by atoms with E-state index < -0.39 is 20.1 Å². The van der Waals surface area contributed by atoms with Crippen molar-refractivity contribution >= 4 is 16.6 Å². The number of hydrogen-bond acceptors (Lipinski definition) is 0. The van der Waals surface area contributed by atoms with Gasteiger partial charge in [-0.05, 0) is 0 Å². The van der Waals surface area contributed by atoms with Crippen molar-refractivity contribution in [1.29, 1.82) is 0 Å². The Hall–Kier alpha value is -0.933. The molecule has 0 spiro atoms. The molecule has 36 heavy (non-hydrogen) atoms. The van der Waals surface area contributed by atoms with Crippen LogP contribution < -0.4 is 24.8 Å². The first-order valence-electron chi connectivity index (χ1n) is 13.0. The van der Waals surface area contributed by atoms with E-state index in [0.29, 0.717) is 11.8 Å². The first-order valence-corrected chi connectivity index (χ1v) is 24.5. The monoisotopic (exact) mass is 702 g/mol. The number of hydrogen-bond donors (Lipinski definition) is 0. The van der Waals surface area contributed by atoms with Gasteiger partial charge in [0.15, 0.2) is 0 Å². The minimum absolute atomic E-state index is 0. The van der Waals surface area contributed by atoms with Crippen molar-refractivity contribution in [3.8, 4) is 0 Å². The van der Waals surface area contributed by atoms with Gasteiger partial charge in [0, 0.05) is 0 Å². The maximum Gasteiger partial charge on any atom is -1.00 e. The zero-order valence-corrected chi connectivity index (χ0v) is 29.2. The molecule has 0 nitrogen and oxygen atoms in total. The average Bonchev–Trinajstić information content (AvgIpc) is 3.29. The van der Waals surface area contributed by atoms with Crippen molar-refractivity contribution in [1.82, 2.24) is 0 Å². The second kappa shape index (κ2) is 13.2. The summed E-state index contributed by atoms with van der Waals surface area (Å²) < 4.78 is 3.78. The number of allylic oxidation sites excluding steroid dienone is 8. The molecular weight excluding hydrogens is 662 g/mol. The van der Waals surface area contributed by atoms with E-state index >= 15 is 0 Å². The van der Waals surface area contributed by atoms with Crippen LogP contribution in [0.2, 0.25) is 13.1 Å². The van der Waals surface area contributed by atoms with Gasteiger partial charge in [0.2, 0.25) is 0 Å². The van der Waals surface area contributed by atoms with Gasteiger partial charge in [0.1, 0.15) is 0 Å². The Labute approximate surface area is 240 Å². The summed E-state index contributed by atoms with van der Waals surface area (Å²) >= 11 is -2.22. The van der Waals surface area contributed by atoms with Crippen LogP contribution in [0.1, 0.15) is 63.8 Å². The van der Waals surface area contributed by atoms with Crippen LogP contribution in [0.5, 0.6) is 0 Å². The zero-order valence-electron chi connectivity index (χ0n) is 23.1. The Morgan fingerprint density at radius 2 is 1.08 bits per heavy atom. The maximum absolute atomic E-state index is 2.61. The van der Waals surface area contributed by atoms with Crippen molar-refractivity contribution in [2.24, 2.45) is 11.8 Å². The smallest absolute Gasteiger partial charge is 1.00 e. The van der Waals surface area contributed by atoms with E-state index in [1.807, 2.05) is 6.66 Å². The number of aryl methyl sites for hydroxylation is 2. The van der Waals surface area contributed by atoms with Gasteiger partial charge in [-0.3, -0.25) is 0 Å². The van der Waals surface area contributed by atoms with Crippen LogP contribution in [-0.4, -0.2) is 5.49 Å². The molecule has 2 aromatic rings. The van der Waals surface area contributed by atoms with Crippen LogP contribution >= 0.6 is 0 Å². The molecule has 0 saturated heterocycles. The van der Waals surface area contributed by atoms with E-state index in [0.717, 1.165) is 12.8 Å². The molecule has 4 rings (SSSR count). The normalized spacial score (nSPS) is 18.8. The minimum Gasteiger partial charge on any atom is -1.00 e. The topological polar surface area (TPSA) is 0 Å².